The van der Waals surface area contributed by atoms with Gasteiger partial charge in [0.25, 0.3) is 0 Å². The maximum Gasteiger partial charge on any atom is 0.115 e. The molecule has 0 saturated heterocycles. The van der Waals surface area contributed by atoms with Crippen LogP contribution in [0.3, 0.4) is 0 Å². The van der Waals surface area contributed by atoms with Gasteiger partial charge in [-0.05, 0) is 44.4 Å². The molecule has 1 aromatic rings. The number of hydrogen-bond donors (Lipinski definition) is 1. The first kappa shape index (κ1) is 9.85. The minimum atomic E-state index is 0.339. The van der Waals surface area contributed by atoms with Crippen LogP contribution < -0.4 is 0 Å². The van der Waals surface area contributed by atoms with Crippen molar-refractivity contribution in [2.45, 2.75) is 26.7 Å². The van der Waals surface area contributed by atoms with Gasteiger partial charge >= 0.3 is 0 Å². The quantitative estimate of drug-likeness (QED) is 0.701. The average molecular weight is 176 g/mol. The second-order valence-electron chi connectivity index (χ2n) is 3.49. The third-order valence-electron chi connectivity index (χ3n) is 1.92. The highest BCUT2D eigenvalue weighted by Crippen LogP contribution is 2.11. The van der Waals surface area contributed by atoms with Crippen molar-refractivity contribution in [2.24, 2.45) is 0 Å². The number of phenols is 1. The maximum atomic E-state index is 9.06. The highest BCUT2D eigenvalue weighted by atomic mass is 16.3. The summed E-state index contributed by atoms with van der Waals surface area (Å²) in [5, 5.41) is 9.06. The topological polar surface area (TPSA) is 20.2 Å². The molecule has 0 aliphatic carbocycles. The maximum absolute atomic E-state index is 9.06. The van der Waals surface area contributed by atoms with Crippen LogP contribution in [0.25, 0.3) is 0 Å². The molecule has 1 nitrogen and oxygen atoms in total. The molecule has 0 bridgehead atoms. The van der Waals surface area contributed by atoms with Gasteiger partial charge in [0.15, 0.2) is 0 Å². The molecule has 0 saturated carbocycles. The molecular weight excluding hydrogens is 160 g/mol. The van der Waals surface area contributed by atoms with Crippen molar-refractivity contribution in [3.63, 3.8) is 0 Å². The number of rotatable bonds is 3. The lowest BCUT2D eigenvalue weighted by molar-refractivity contribution is 0.475. The van der Waals surface area contributed by atoms with Crippen molar-refractivity contribution in [1.82, 2.24) is 0 Å². The third-order valence-corrected chi connectivity index (χ3v) is 1.92. The van der Waals surface area contributed by atoms with E-state index in [1.807, 2.05) is 12.1 Å². The fourth-order valence-electron chi connectivity index (χ4n) is 1.19. The van der Waals surface area contributed by atoms with E-state index < -0.39 is 0 Å². The predicted octanol–water partition coefficient (Wildman–Crippen LogP) is 3.29. The predicted molar refractivity (Wildman–Crippen MR) is 55.9 cm³/mol. The largest absolute Gasteiger partial charge is 0.508 e. The van der Waals surface area contributed by atoms with Crippen LogP contribution in [0.1, 0.15) is 25.8 Å². The van der Waals surface area contributed by atoms with E-state index in [1.165, 1.54) is 11.1 Å². The van der Waals surface area contributed by atoms with Crippen LogP contribution in [0.2, 0.25) is 0 Å². The average Bonchev–Trinajstić information content (AvgIpc) is 2.08. The van der Waals surface area contributed by atoms with Crippen molar-refractivity contribution in [1.29, 1.82) is 0 Å². The fourth-order valence-corrected chi connectivity index (χ4v) is 1.19. The molecule has 0 fully saturated rings. The Balaban J connectivity index is 2.46. The number of allylic oxidation sites excluding steroid dienone is 2. The molecule has 0 heterocycles. The van der Waals surface area contributed by atoms with Gasteiger partial charge in [0.05, 0.1) is 0 Å². The lowest BCUT2D eigenvalue weighted by Gasteiger charge is -1.98. The van der Waals surface area contributed by atoms with E-state index in [4.69, 9.17) is 5.11 Å². The van der Waals surface area contributed by atoms with Gasteiger partial charge in [-0.2, -0.15) is 0 Å². The Labute approximate surface area is 79.7 Å². The van der Waals surface area contributed by atoms with Gasteiger partial charge in [0.2, 0.25) is 0 Å². The highest BCUT2D eigenvalue weighted by molar-refractivity contribution is 5.26. The Bertz CT molecular complexity index is 278. The molecule has 0 unspecified atom stereocenters. The van der Waals surface area contributed by atoms with Gasteiger partial charge in [-0.3, -0.25) is 0 Å². The molecule has 0 radical (unpaired) electrons. The van der Waals surface area contributed by atoms with Gasteiger partial charge in [-0.25, -0.2) is 0 Å². The van der Waals surface area contributed by atoms with E-state index >= 15 is 0 Å². The molecule has 13 heavy (non-hydrogen) atoms. The molecule has 1 rings (SSSR count). The third kappa shape index (κ3) is 3.79. The summed E-state index contributed by atoms with van der Waals surface area (Å²) in [5.74, 6) is 0.339. The SMILES string of the molecule is CC(C)=CCCc1ccc(O)cc1. The fraction of sp³-hybridized carbons (Fsp3) is 0.333. The summed E-state index contributed by atoms with van der Waals surface area (Å²) < 4.78 is 0. The summed E-state index contributed by atoms with van der Waals surface area (Å²) in [7, 11) is 0. The van der Waals surface area contributed by atoms with E-state index in [2.05, 4.69) is 19.9 Å². The zero-order chi connectivity index (χ0) is 9.68. The van der Waals surface area contributed by atoms with E-state index in [-0.39, 0.29) is 0 Å². The van der Waals surface area contributed by atoms with Crippen LogP contribution in [0.4, 0.5) is 0 Å². The first-order chi connectivity index (χ1) is 6.18. The van der Waals surface area contributed by atoms with Crippen LogP contribution in [0, 0.1) is 0 Å². The first-order valence-electron chi connectivity index (χ1n) is 4.60. The second kappa shape index (κ2) is 4.70. The van der Waals surface area contributed by atoms with E-state index in [9.17, 15) is 0 Å². The number of aryl methyl sites for hydroxylation is 1. The van der Waals surface area contributed by atoms with E-state index in [1.54, 1.807) is 12.1 Å². The molecule has 0 aromatic heterocycles. The number of benzene rings is 1. The Hall–Kier alpha value is -1.24. The second-order valence-corrected chi connectivity index (χ2v) is 3.49. The standard InChI is InChI=1S/C12H16O/c1-10(2)4-3-5-11-6-8-12(13)9-7-11/h4,6-9,13H,3,5H2,1-2H3. The van der Waals surface area contributed by atoms with Crippen LogP contribution >= 0.6 is 0 Å². The van der Waals surface area contributed by atoms with Crippen LogP contribution in [-0.4, -0.2) is 5.11 Å². The van der Waals surface area contributed by atoms with Gasteiger partial charge in [-0.15, -0.1) is 0 Å². The summed E-state index contributed by atoms with van der Waals surface area (Å²) in [5.41, 5.74) is 2.63. The summed E-state index contributed by atoms with van der Waals surface area (Å²) >= 11 is 0. The van der Waals surface area contributed by atoms with Crippen LogP contribution in [0.5, 0.6) is 5.75 Å². The van der Waals surface area contributed by atoms with Gasteiger partial charge in [0.1, 0.15) is 5.75 Å². The molecule has 0 atom stereocenters. The zero-order valence-electron chi connectivity index (χ0n) is 8.25. The van der Waals surface area contributed by atoms with Crippen molar-refractivity contribution in [2.75, 3.05) is 0 Å². The van der Waals surface area contributed by atoms with E-state index in [0.29, 0.717) is 5.75 Å². The van der Waals surface area contributed by atoms with Crippen LogP contribution in [0.15, 0.2) is 35.9 Å². The Kier molecular flexibility index (Phi) is 3.56. The minimum Gasteiger partial charge on any atom is -0.508 e. The first-order valence-corrected chi connectivity index (χ1v) is 4.60. The smallest absolute Gasteiger partial charge is 0.115 e. The summed E-state index contributed by atoms with van der Waals surface area (Å²) in [6.45, 7) is 4.22. The molecule has 70 valence electrons. The molecule has 0 amide bonds. The summed E-state index contributed by atoms with van der Waals surface area (Å²) in [4.78, 5) is 0. The molecular formula is C12H16O. The molecule has 1 aromatic carbocycles. The lowest BCUT2D eigenvalue weighted by Crippen LogP contribution is -1.82. The van der Waals surface area contributed by atoms with Gasteiger partial charge in [-0.1, -0.05) is 23.8 Å². The van der Waals surface area contributed by atoms with Gasteiger partial charge in [0, 0.05) is 0 Å². The van der Waals surface area contributed by atoms with Gasteiger partial charge < -0.3 is 5.11 Å². The summed E-state index contributed by atoms with van der Waals surface area (Å²) in [6.07, 6.45) is 4.35. The minimum absolute atomic E-state index is 0.339. The Morgan fingerprint density at radius 2 is 1.85 bits per heavy atom. The van der Waals surface area contributed by atoms with Crippen LogP contribution in [-0.2, 0) is 6.42 Å². The van der Waals surface area contributed by atoms with E-state index in [0.717, 1.165) is 12.8 Å². The lowest BCUT2D eigenvalue weighted by atomic mass is 10.1. The monoisotopic (exact) mass is 176 g/mol. The molecule has 0 aliphatic rings. The Morgan fingerprint density at radius 1 is 1.23 bits per heavy atom. The molecule has 1 heteroatoms. The number of phenolic OH excluding ortho intramolecular Hbond substituents is 1. The summed E-state index contributed by atoms with van der Waals surface area (Å²) in [6, 6.07) is 7.40. The molecule has 0 aliphatic heterocycles. The normalized spacial score (nSPS) is 9.69. The molecule has 1 N–H and O–H groups in total. The van der Waals surface area contributed by atoms with Crippen molar-refractivity contribution in [3.05, 3.63) is 41.5 Å². The number of aromatic hydroxyl groups is 1. The number of hydrogen-bond acceptors (Lipinski definition) is 1. The molecule has 0 spiro atoms. The van der Waals surface area contributed by atoms with Crippen molar-refractivity contribution in [3.8, 4) is 5.75 Å². The highest BCUT2D eigenvalue weighted by Gasteiger charge is 1.91. The van der Waals surface area contributed by atoms with Crippen molar-refractivity contribution < 1.29 is 5.11 Å². The van der Waals surface area contributed by atoms with Crippen molar-refractivity contribution >= 4 is 0 Å². The Morgan fingerprint density at radius 3 is 2.38 bits per heavy atom. The zero-order valence-corrected chi connectivity index (χ0v) is 8.25.